The summed E-state index contributed by atoms with van der Waals surface area (Å²) in [6, 6.07) is 0. The molecular weight excluding hydrogens is 224 g/mol. The second-order valence-electron chi connectivity index (χ2n) is 3.82. The van der Waals surface area contributed by atoms with Crippen LogP contribution in [0.1, 0.15) is 32.1 Å². The SMILES string of the molecule is O=S(=O)(Cl)CCOCC1CCCCC1. The summed E-state index contributed by atoms with van der Waals surface area (Å²) in [5, 5.41) is 0. The van der Waals surface area contributed by atoms with E-state index in [-0.39, 0.29) is 12.4 Å². The van der Waals surface area contributed by atoms with Crippen molar-refractivity contribution in [2.45, 2.75) is 32.1 Å². The van der Waals surface area contributed by atoms with Gasteiger partial charge in [0, 0.05) is 17.3 Å². The number of hydrogen-bond donors (Lipinski definition) is 0. The summed E-state index contributed by atoms with van der Waals surface area (Å²) in [7, 11) is 1.67. The molecule has 1 rings (SSSR count). The zero-order valence-corrected chi connectivity index (χ0v) is 9.82. The minimum absolute atomic E-state index is 0.0821. The molecule has 1 fully saturated rings. The first kappa shape index (κ1) is 12.3. The van der Waals surface area contributed by atoms with Crippen molar-refractivity contribution in [3.8, 4) is 0 Å². The van der Waals surface area contributed by atoms with Crippen LogP contribution in [0, 0.1) is 5.92 Å². The van der Waals surface area contributed by atoms with Gasteiger partial charge >= 0.3 is 0 Å². The number of hydrogen-bond acceptors (Lipinski definition) is 3. The van der Waals surface area contributed by atoms with E-state index in [2.05, 4.69) is 0 Å². The molecule has 5 heteroatoms. The van der Waals surface area contributed by atoms with Crippen molar-refractivity contribution in [3.63, 3.8) is 0 Å². The van der Waals surface area contributed by atoms with Gasteiger partial charge in [-0.2, -0.15) is 0 Å². The maximum atomic E-state index is 10.6. The second kappa shape index (κ2) is 5.93. The zero-order valence-electron chi connectivity index (χ0n) is 8.25. The molecule has 1 aliphatic rings. The Kier molecular flexibility index (Phi) is 5.20. The van der Waals surface area contributed by atoms with Crippen LogP contribution in [-0.2, 0) is 13.8 Å². The monoisotopic (exact) mass is 240 g/mol. The summed E-state index contributed by atoms with van der Waals surface area (Å²) in [5.74, 6) is 0.545. The van der Waals surface area contributed by atoms with Crippen molar-refractivity contribution >= 4 is 19.7 Å². The fourth-order valence-corrected chi connectivity index (χ4v) is 2.27. The molecule has 0 spiro atoms. The van der Waals surface area contributed by atoms with Crippen molar-refractivity contribution in [2.24, 2.45) is 5.92 Å². The van der Waals surface area contributed by atoms with E-state index >= 15 is 0 Å². The Bertz CT molecular complexity index is 245. The quantitative estimate of drug-likeness (QED) is 0.546. The minimum atomic E-state index is -3.38. The Labute approximate surface area is 90.2 Å². The summed E-state index contributed by atoms with van der Waals surface area (Å²) < 4.78 is 26.4. The normalized spacial score (nSPS) is 19.8. The van der Waals surface area contributed by atoms with Gasteiger partial charge in [-0.05, 0) is 18.8 Å². The molecule has 0 aromatic heterocycles. The van der Waals surface area contributed by atoms with Crippen molar-refractivity contribution in [1.29, 1.82) is 0 Å². The number of rotatable bonds is 5. The summed E-state index contributed by atoms with van der Waals surface area (Å²) in [6.45, 7) is 0.911. The van der Waals surface area contributed by atoms with Gasteiger partial charge in [-0.3, -0.25) is 0 Å². The third-order valence-electron chi connectivity index (χ3n) is 2.55. The van der Waals surface area contributed by atoms with Crippen LogP contribution in [0.3, 0.4) is 0 Å². The Morgan fingerprint density at radius 1 is 1.21 bits per heavy atom. The molecule has 0 aliphatic heterocycles. The Morgan fingerprint density at radius 2 is 1.86 bits per heavy atom. The predicted octanol–water partition coefficient (Wildman–Crippen LogP) is 2.15. The fourth-order valence-electron chi connectivity index (χ4n) is 1.76. The highest BCUT2D eigenvalue weighted by Gasteiger charge is 2.13. The first-order chi connectivity index (χ1) is 6.58. The van der Waals surface area contributed by atoms with Crippen LogP contribution in [-0.4, -0.2) is 27.4 Å². The summed E-state index contributed by atoms with van der Waals surface area (Å²) >= 11 is 0. The molecule has 0 heterocycles. The van der Waals surface area contributed by atoms with E-state index in [0.29, 0.717) is 12.5 Å². The van der Waals surface area contributed by atoms with Gasteiger partial charge < -0.3 is 4.74 Å². The highest BCUT2D eigenvalue weighted by Crippen LogP contribution is 2.23. The van der Waals surface area contributed by atoms with E-state index in [9.17, 15) is 8.42 Å². The summed E-state index contributed by atoms with van der Waals surface area (Å²) in [4.78, 5) is 0. The molecule has 0 unspecified atom stereocenters. The van der Waals surface area contributed by atoms with Gasteiger partial charge in [0.1, 0.15) is 0 Å². The first-order valence-corrected chi connectivity index (χ1v) is 7.56. The van der Waals surface area contributed by atoms with E-state index in [1.54, 1.807) is 0 Å². The van der Waals surface area contributed by atoms with Crippen LogP contribution in [0.15, 0.2) is 0 Å². The van der Waals surface area contributed by atoms with Gasteiger partial charge in [0.2, 0.25) is 9.05 Å². The molecule has 0 saturated heterocycles. The van der Waals surface area contributed by atoms with Crippen LogP contribution < -0.4 is 0 Å². The first-order valence-electron chi connectivity index (χ1n) is 5.08. The average Bonchev–Trinajstić information content (AvgIpc) is 2.13. The third kappa shape index (κ3) is 5.83. The van der Waals surface area contributed by atoms with Crippen molar-refractivity contribution in [1.82, 2.24) is 0 Å². The van der Waals surface area contributed by atoms with Crippen molar-refractivity contribution < 1.29 is 13.2 Å². The number of halogens is 1. The number of ether oxygens (including phenoxy) is 1. The van der Waals surface area contributed by atoms with Gasteiger partial charge in [-0.1, -0.05) is 19.3 Å². The minimum Gasteiger partial charge on any atom is -0.380 e. The lowest BCUT2D eigenvalue weighted by atomic mass is 9.90. The lowest BCUT2D eigenvalue weighted by Gasteiger charge is -2.20. The molecule has 0 aromatic carbocycles. The molecule has 84 valence electrons. The van der Waals surface area contributed by atoms with Crippen LogP contribution >= 0.6 is 10.7 Å². The Balaban J connectivity index is 2.03. The van der Waals surface area contributed by atoms with Gasteiger partial charge in [0.15, 0.2) is 0 Å². The maximum absolute atomic E-state index is 10.6. The molecule has 0 radical (unpaired) electrons. The van der Waals surface area contributed by atoms with Gasteiger partial charge in [0.25, 0.3) is 0 Å². The highest BCUT2D eigenvalue weighted by atomic mass is 35.7. The lowest BCUT2D eigenvalue weighted by Crippen LogP contribution is -2.16. The standard InChI is InChI=1S/C9H17ClO3S/c10-14(11,12)7-6-13-8-9-4-2-1-3-5-9/h9H,1-8H2. The largest absolute Gasteiger partial charge is 0.380 e. The van der Waals surface area contributed by atoms with Gasteiger partial charge in [0.05, 0.1) is 12.4 Å². The molecule has 14 heavy (non-hydrogen) atoms. The zero-order chi connectivity index (χ0) is 10.4. The molecule has 1 saturated carbocycles. The molecule has 0 aromatic rings. The van der Waals surface area contributed by atoms with Crippen molar-refractivity contribution in [3.05, 3.63) is 0 Å². The molecule has 1 aliphatic carbocycles. The van der Waals surface area contributed by atoms with E-state index in [1.165, 1.54) is 32.1 Å². The Hall–Kier alpha value is 0.200. The molecular formula is C9H17ClO3S. The molecule has 0 bridgehead atoms. The van der Waals surface area contributed by atoms with E-state index in [4.69, 9.17) is 15.4 Å². The summed E-state index contributed by atoms with van der Waals surface area (Å²) in [6.07, 6.45) is 6.32. The van der Waals surface area contributed by atoms with Crippen LogP contribution in [0.25, 0.3) is 0 Å². The maximum Gasteiger partial charge on any atom is 0.234 e. The second-order valence-corrected chi connectivity index (χ2v) is 6.72. The third-order valence-corrected chi connectivity index (χ3v) is 3.67. The van der Waals surface area contributed by atoms with E-state index < -0.39 is 9.05 Å². The fraction of sp³-hybridized carbons (Fsp3) is 1.00. The van der Waals surface area contributed by atoms with Crippen LogP contribution in [0.5, 0.6) is 0 Å². The molecule has 0 N–H and O–H groups in total. The van der Waals surface area contributed by atoms with Gasteiger partial charge in [-0.15, -0.1) is 0 Å². The summed E-state index contributed by atoms with van der Waals surface area (Å²) in [5.41, 5.74) is 0. The smallest absolute Gasteiger partial charge is 0.234 e. The van der Waals surface area contributed by atoms with E-state index in [0.717, 1.165) is 0 Å². The van der Waals surface area contributed by atoms with Crippen LogP contribution in [0.2, 0.25) is 0 Å². The average molecular weight is 241 g/mol. The molecule has 0 atom stereocenters. The van der Waals surface area contributed by atoms with Crippen molar-refractivity contribution in [2.75, 3.05) is 19.0 Å². The Morgan fingerprint density at radius 3 is 2.43 bits per heavy atom. The molecule has 0 amide bonds. The highest BCUT2D eigenvalue weighted by molar-refractivity contribution is 8.13. The van der Waals surface area contributed by atoms with E-state index in [1.807, 2.05) is 0 Å². The lowest BCUT2D eigenvalue weighted by molar-refractivity contribution is 0.0961. The van der Waals surface area contributed by atoms with Gasteiger partial charge in [-0.25, -0.2) is 8.42 Å². The predicted molar refractivity (Wildman–Crippen MR) is 57.0 cm³/mol. The topological polar surface area (TPSA) is 43.4 Å². The van der Waals surface area contributed by atoms with Crippen LogP contribution in [0.4, 0.5) is 0 Å². The molecule has 3 nitrogen and oxygen atoms in total.